The average Bonchev–Trinajstić information content (AvgIpc) is 3.37. The van der Waals surface area contributed by atoms with Crippen molar-refractivity contribution >= 4 is 32.4 Å². The molecule has 7 nitrogen and oxygen atoms in total. The number of carbonyl (C=O) groups is 1. The molecule has 0 radical (unpaired) electrons. The number of hydrogen-bond acceptors (Lipinski definition) is 6. The predicted molar refractivity (Wildman–Crippen MR) is 126 cm³/mol. The summed E-state index contributed by atoms with van der Waals surface area (Å²) in [5.74, 6) is -0.375. The van der Waals surface area contributed by atoms with E-state index in [0.717, 1.165) is 16.7 Å². The van der Waals surface area contributed by atoms with Crippen molar-refractivity contribution in [3.63, 3.8) is 0 Å². The van der Waals surface area contributed by atoms with Crippen molar-refractivity contribution in [2.75, 3.05) is 11.9 Å². The van der Waals surface area contributed by atoms with Gasteiger partial charge in [-0.3, -0.25) is 10.1 Å². The third kappa shape index (κ3) is 4.32. The molecule has 1 aliphatic rings. The second-order valence-corrected chi connectivity index (χ2v) is 11.1. The van der Waals surface area contributed by atoms with Crippen LogP contribution < -0.4 is 5.32 Å². The van der Waals surface area contributed by atoms with Gasteiger partial charge in [0.1, 0.15) is 11.0 Å². The molecule has 0 unspecified atom stereocenters. The van der Waals surface area contributed by atoms with Gasteiger partial charge in [0.05, 0.1) is 4.90 Å². The van der Waals surface area contributed by atoms with Crippen LogP contribution in [0.5, 0.6) is 0 Å². The number of aryl methyl sites for hydroxylation is 4. The Labute approximate surface area is 192 Å². The van der Waals surface area contributed by atoms with E-state index in [0.29, 0.717) is 45.5 Å². The van der Waals surface area contributed by atoms with Gasteiger partial charge >= 0.3 is 0 Å². The van der Waals surface area contributed by atoms with E-state index in [4.69, 9.17) is 0 Å². The largest absolute Gasteiger partial charge is 0.299 e. The molecule has 1 aromatic heterocycles. The maximum Gasteiger partial charge on any atom is 0.244 e. The number of amides is 1. The number of nitrogens with zero attached hydrogens (tertiary/aromatic N) is 3. The summed E-state index contributed by atoms with van der Waals surface area (Å²) in [6, 6.07) is 10.8. The Morgan fingerprint density at radius 1 is 1.03 bits per heavy atom. The quantitative estimate of drug-likeness (QED) is 0.602. The predicted octanol–water partition coefficient (Wildman–Crippen LogP) is 4.23. The first-order valence-corrected chi connectivity index (χ1v) is 12.7. The SMILES string of the molecule is Cc1ccc(-c2nnc(NC(=O)[C@H]3CCCN3S(=O)(=O)c3c(C)cc(C)cc3C)s2)cc1. The first kappa shape index (κ1) is 22.6. The standard InChI is InChI=1S/C23H26N4O3S2/c1-14-7-9-18(10-8-14)22-25-26-23(31-22)24-21(28)19-6-5-11-27(19)32(29,30)20-16(3)12-15(2)13-17(20)4/h7-10,12-13,19H,5-6,11H2,1-4H3,(H,24,26,28)/t19-/m1/s1. The Bertz CT molecular complexity index is 1240. The molecule has 4 rings (SSSR count). The van der Waals surface area contributed by atoms with E-state index in [-0.39, 0.29) is 5.91 Å². The lowest BCUT2D eigenvalue weighted by Gasteiger charge is -2.25. The minimum Gasteiger partial charge on any atom is -0.299 e. The van der Waals surface area contributed by atoms with Gasteiger partial charge in [-0.1, -0.05) is 58.9 Å². The fourth-order valence-electron chi connectivity index (χ4n) is 4.26. The van der Waals surface area contributed by atoms with Crippen molar-refractivity contribution < 1.29 is 13.2 Å². The monoisotopic (exact) mass is 470 g/mol. The number of rotatable bonds is 5. The molecular formula is C23H26N4O3S2. The van der Waals surface area contributed by atoms with Gasteiger partial charge in [0.2, 0.25) is 21.1 Å². The average molecular weight is 471 g/mol. The van der Waals surface area contributed by atoms with Crippen molar-refractivity contribution in [2.45, 2.75) is 51.5 Å². The molecule has 2 aromatic carbocycles. The van der Waals surface area contributed by atoms with E-state index in [1.165, 1.54) is 15.6 Å². The number of hydrogen-bond donors (Lipinski definition) is 1. The van der Waals surface area contributed by atoms with Crippen molar-refractivity contribution in [2.24, 2.45) is 0 Å². The number of carbonyl (C=O) groups excluding carboxylic acids is 1. The molecule has 32 heavy (non-hydrogen) atoms. The van der Waals surface area contributed by atoms with Crippen LogP contribution in [0.4, 0.5) is 5.13 Å². The Morgan fingerprint density at radius 2 is 1.69 bits per heavy atom. The lowest BCUT2D eigenvalue weighted by atomic mass is 10.1. The Morgan fingerprint density at radius 3 is 2.34 bits per heavy atom. The summed E-state index contributed by atoms with van der Waals surface area (Å²) < 4.78 is 28.3. The van der Waals surface area contributed by atoms with Gasteiger partial charge in [-0.15, -0.1) is 10.2 Å². The van der Waals surface area contributed by atoms with Crippen LogP contribution in [0.25, 0.3) is 10.6 Å². The summed E-state index contributed by atoms with van der Waals surface area (Å²) in [5.41, 5.74) is 4.47. The number of benzene rings is 2. The molecular weight excluding hydrogens is 444 g/mol. The molecule has 0 saturated carbocycles. The number of anilines is 1. The van der Waals surface area contributed by atoms with Crippen molar-refractivity contribution in [3.8, 4) is 10.6 Å². The molecule has 0 spiro atoms. The Kier molecular flexibility index (Phi) is 6.15. The maximum absolute atomic E-state index is 13.5. The second-order valence-electron chi connectivity index (χ2n) is 8.27. The van der Waals surface area contributed by atoms with Crippen LogP contribution in [-0.2, 0) is 14.8 Å². The molecule has 1 amide bonds. The zero-order valence-corrected chi connectivity index (χ0v) is 20.2. The second kappa shape index (κ2) is 8.73. The van der Waals surface area contributed by atoms with E-state index >= 15 is 0 Å². The van der Waals surface area contributed by atoms with Gasteiger partial charge in [-0.2, -0.15) is 4.31 Å². The summed E-state index contributed by atoms with van der Waals surface area (Å²) in [6.45, 7) is 7.86. The van der Waals surface area contributed by atoms with E-state index in [9.17, 15) is 13.2 Å². The van der Waals surface area contributed by atoms with Crippen molar-refractivity contribution in [1.29, 1.82) is 0 Å². The first-order chi connectivity index (χ1) is 15.2. The van der Waals surface area contributed by atoms with Crippen LogP contribution in [0.2, 0.25) is 0 Å². The first-order valence-electron chi connectivity index (χ1n) is 10.5. The highest BCUT2D eigenvalue weighted by Gasteiger charge is 2.40. The summed E-state index contributed by atoms with van der Waals surface area (Å²) in [5, 5.41) is 12.1. The Balaban J connectivity index is 1.55. The van der Waals surface area contributed by atoms with Gasteiger partial charge < -0.3 is 0 Å². The lowest BCUT2D eigenvalue weighted by molar-refractivity contribution is -0.119. The molecule has 3 aromatic rings. The minimum absolute atomic E-state index is 0.292. The highest BCUT2D eigenvalue weighted by atomic mass is 32.2. The van der Waals surface area contributed by atoms with E-state index < -0.39 is 16.1 Å². The van der Waals surface area contributed by atoms with Crippen LogP contribution in [-0.4, -0.2) is 41.4 Å². The summed E-state index contributed by atoms with van der Waals surface area (Å²) >= 11 is 1.27. The van der Waals surface area contributed by atoms with Crippen LogP contribution in [0.3, 0.4) is 0 Å². The molecule has 2 heterocycles. The molecule has 1 aliphatic heterocycles. The molecule has 9 heteroatoms. The van der Waals surface area contributed by atoms with Crippen molar-refractivity contribution in [1.82, 2.24) is 14.5 Å². The molecule has 1 fully saturated rings. The third-order valence-corrected chi connectivity index (χ3v) is 8.73. The van der Waals surface area contributed by atoms with Crippen molar-refractivity contribution in [3.05, 3.63) is 58.7 Å². The third-order valence-electron chi connectivity index (χ3n) is 5.63. The van der Waals surface area contributed by atoms with Gasteiger partial charge in [0.25, 0.3) is 0 Å². The smallest absolute Gasteiger partial charge is 0.244 e. The summed E-state index contributed by atoms with van der Waals surface area (Å²) in [4.78, 5) is 13.3. The molecule has 168 valence electrons. The highest BCUT2D eigenvalue weighted by Crippen LogP contribution is 2.32. The van der Waals surface area contributed by atoms with Crippen LogP contribution >= 0.6 is 11.3 Å². The van der Waals surface area contributed by atoms with Gasteiger partial charge in [-0.25, -0.2) is 8.42 Å². The number of nitrogens with one attached hydrogen (secondary N) is 1. The molecule has 1 saturated heterocycles. The summed E-state index contributed by atoms with van der Waals surface area (Å²) in [7, 11) is -3.81. The maximum atomic E-state index is 13.5. The molecule has 1 N–H and O–H groups in total. The van der Waals surface area contributed by atoms with Crippen LogP contribution in [0, 0.1) is 27.7 Å². The topological polar surface area (TPSA) is 92.3 Å². The van der Waals surface area contributed by atoms with E-state index in [1.807, 2.05) is 50.2 Å². The molecule has 1 atom stereocenters. The lowest BCUT2D eigenvalue weighted by Crippen LogP contribution is -2.43. The molecule has 0 aliphatic carbocycles. The fourth-order valence-corrected chi connectivity index (χ4v) is 7.08. The Hall–Kier alpha value is -2.62. The zero-order valence-electron chi connectivity index (χ0n) is 18.5. The normalized spacial score (nSPS) is 16.9. The zero-order chi connectivity index (χ0) is 23.0. The van der Waals surface area contributed by atoms with Gasteiger partial charge in [0.15, 0.2) is 0 Å². The minimum atomic E-state index is -3.81. The fraction of sp³-hybridized carbons (Fsp3) is 0.348. The van der Waals surface area contributed by atoms with Gasteiger partial charge in [0, 0.05) is 12.1 Å². The van der Waals surface area contributed by atoms with Crippen LogP contribution in [0.1, 0.15) is 35.1 Å². The van der Waals surface area contributed by atoms with E-state index in [1.54, 1.807) is 13.8 Å². The highest BCUT2D eigenvalue weighted by molar-refractivity contribution is 7.89. The van der Waals surface area contributed by atoms with Crippen LogP contribution in [0.15, 0.2) is 41.3 Å². The number of sulfonamides is 1. The summed E-state index contributed by atoms with van der Waals surface area (Å²) in [6.07, 6.45) is 1.10. The molecule has 0 bridgehead atoms. The van der Waals surface area contributed by atoms with E-state index in [2.05, 4.69) is 15.5 Å². The van der Waals surface area contributed by atoms with Gasteiger partial charge in [-0.05, 0) is 51.7 Å². The number of aromatic nitrogens is 2.